The summed E-state index contributed by atoms with van der Waals surface area (Å²) in [6, 6.07) is 11.0. The number of hydrogen-bond donors (Lipinski definition) is 0. The van der Waals surface area contributed by atoms with Crippen LogP contribution in [0.4, 0.5) is 0 Å². The van der Waals surface area contributed by atoms with Gasteiger partial charge in [-0.1, -0.05) is 52.0 Å². The van der Waals surface area contributed by atoms with Gasteiger partial charge in [-0.25, -0.2) is 14.1 Å². The fraction of sp³-hybridized carbons (Fsp3) is 0.531. The van der Waals surface area contributed by atoms with Crippen molar-refractivity contribution in [3.8, 4) is 22.8 Å². The van der Waals surface area contributed by atoms with E-state index in [1.807, 2.05) is 4.45 Å². The van der Waals surface area contributed by atoms with E-state index in [2.05, 4.69) is 72.1 Å². The quantitative estimate of drug-likeness (QED) is 0.252. The number of benzene rings is 1. The second kappa shape index (κ2) is 9.24. The highest BCUT2D eigenvalue weighted by Crippen LogP contribution is 2.46. The van der Waals surface area contributed by atoms with E-state index in [-0.39, 0.29) is 17.1 Å². The van der Waals surface area contributed by atoms with Crippen LogP contribution in [0.2, 0.25) is 0 Å². The largest absolute Gasteiger partial charge is 0.356 e. The van der Waals surface area contributed by atoms with Crippen molar-refractivity contribution in [2.45, 2.75) is 103 Å². The van der Waals surface area contributed by atoms with Crippen molar-refractivity contribution in [1.82, 2.24) is 24.3 Å². The average molecular weight is 542 g/mol. The summed E-state index contributed by atoms with van der Waals surface area (Å²) in [7, 11) is 2.84. The number of hydrogen-bond acceptors (Lipinski definition) is 4. The van der Waals surface area contributed by atoms with Gasteiger partial charge in [0.15, 0.2) is 6.23 Å². The molecule has 39 heavy (non-hydrogen) atoms. The van der Waals surface area contributed by atoms with Gasteiger partial charge in [-0.3, -0.25) is 0 Å². The van der Waals surface area contributed by atoms with E-state index >= 15 is 0 Å². The highest BCUT2D eigenvalue weighted by Gasteiger charge is 2.38. The molecule has 0 saturated carbocycles. The highest BCUT2D eigenvalue weighted by atomic mass is 31.0. The van der Waals surface area contributed by atoms with E-state index < -0.39 is 0 Å². The molecule has 7 heteroatoms. The Bertz CT molecular complexity index is 1570. The number of aromatic nitrogens is 5. The summed E-state index contributed by atoms with van der Waals surface area (Å²) in [6.45, 7) is 10.1. The Hall–Kier alpha value is -2.56. The molecular weight excluding hydrogens is 501 g/mol. The maximum absolute atomic E-state index is 6.36. The van der Waals surface area contributed by atoms with Crippen molar-refractivity contribution in [3.63, 3.8) is 0 Å². The minimum absolute atomic E-state index is 0.0407. The molecule has 1 aliphatic heterocycles. The molecule has 0 spiro atoms. The van der Waals surface area contributed by atoms with Gasteiger partial charge >= 0.3 is 0 Å². The number of rotatable bonds is 3. The summed E-state index contributed by atoms with van der Waals surface area (Å²) < 4.78 is 10.6. The number of pyridine rings is 1. The molecule has 2 aliphatic carbocycles. The molecule has 4 aromatic rings. The number of ether oxygens (including phenoxy) is 1. The fourth-order valence-corrected chi connectivity index (χ4v) is 7.70. The van der Waals surface area contributed by atoms with Crippen LogP contribution in [0.15, 0.2) is 30.3 Å². The summed E-state index contributed by atoms with van der Waals surface area (Å²) in [4.78, 5) is 5.52. The Morgan fingerprint density at radius 2 is 1.56 bits per heavy atom. The van der Waals surface area contributed by atoms with Crippen molar-refractivity contribution in [2.75, 3.05) is 6.61 Å². The average Bonchev–Trinajstić information content (AvgIpc) is 3.48. The lowest BCUT2D eigenvalue weighted by Crippen LogP contribution is -2.24. The smallest absolute Gasteiger partial charge is 0.150 e. The first-order valence-electron chi connectivity index (χ1n) is 14.8. The van der Waals surface area contributed by atoms with Crippen LogP contribution in [0.25, 0.3) is 33.5 Å². The molecular formula is C32H40N5OP. The Morgan fingerprint density at radius 1 is 0.872 bits per heavy atom. The molecule has 3 aromatic heterocycles. The molecule has 7 rings (SSSR count). The van der Waals surface area contributed by atoms with Crippen LogP contribution in [0.3, 0.4) is 0 Å². The van der Waals surface area contributed by atoms with Crippen LogP contribution < -0.4 is 0 Å². The maximum Gasteiger partial charge on any atom is 0.150 e. The van der Waals surface area contributed by atoms with Crippen molar-refractivity contribution >= 4 is 20.2 Å². The van der Waals surface area contributed by atoms with E-state index in [9.17, 15) is 0 Å². The van der Waals surface area contributed by atoms with Crippen molar-refractivity contribution in [3.05, 3.63) is 52.8 Å². The molecule has 2 unspecified atom stereocenters. The van der Waals surface area contributed by atoms with Gasteiger partial charge in [-0.2, -0.15) is 10.2 Å². The van der Waals surface area contributed by atoms with Crippen LogP contribution in [-0.2, 0) is 28.4 Å². The summed E-state index contributed by atoms with van der Waals surface area (Å²) in [5.74, 6) is 0. The second-order valence-electron chi connectivity index (χ2n) is 13.1. The van der Waals surface area contributed by atoms with Gasteiger partial charge in [-0.05, 0) is 78.6 Å². The Labute approximate surface area is 233 Å². The van der Waals surface area contributed by atoms with Gasteiger partial charge in [0.2, 0.25) is 0 Å². The van der Waals surface area contributed by atoms with Crippen LogP contribution >= 0.6 is 9.39 Å². The Balaban J connectivity index is 1.51. The zero-order chi connectivity index (χ0) is 26.9. The van der Waals surface area contributed by atoms with Crippen molar-refractivity contribution in [1.29, 1.82) is 0 Å². The minimum atomic E-state index is -0.0415. The molecule has 2 atom stereocenters. The third-order valence-electron chi connectivity index (χ3n) is 9.39. The van der Waals surface area contributed by atoms with Gasteiger partial charge in [0.25, 0.3) is 0 Å². The lowest BCUT2D eigenvalue weighted by Gasteiger charge is -2.28. The monoisotopic (exact) mass is 541 g/mol. The third-order valence-corrected chi connectivity index (χ3v) is 9.77. The van der Waals surface area contributed by atoms with Crippen LogP contribution in [0.1, 0.15) is 101 Å². The maximum atomic E-state index is 6.36. The predicted molar refractivity (Wildman–Crippen MR) is 160 cm³/mol. The standard InChI is InChI=1S/C32H40N5OP/c1-31(2)16-10-14-23-28(36(34-29(23)31)25-15-7-8-18-38-25)26-21-12-6-5-11-20(21)19-24(33-26)27-22-13-9-17-32(3,4)30(22)35-37(27)39/h5-6,11-12,19,25H,7-10,13-18,39H2,1-4H3. The summed E-state index contributed by atoms with van der Waals surface area (Å²) in [5.41, 5.74) is 9.57. The highest BCUT2D eigenvalue weighted by molar-refractivity contribution is 7.14. The molecule has 4 heterocycles. The Kier molecular flexibility index (Phi) is 6.02. The normalized spacial score (nSPS) is 22.0. The third kappa shape index (κ3) is 4.09. The van der Waals surface area contributed by atoms with Gasteiger partial charge in [0, 0.05) is 33.9 Å². The molecule has 0 radical (unpaired) electrons. The molecule has 1 fully saturated rings. The molecule has 6 nitrogen and oxygen atoms in total. The SMILES string of the molecule is CC1(C)CCCc2c1nn(P)c2-c1cc2ccccc2c(-c2c3c(nn2C2CCCCO2)C(C)(C)CCC3)n1. The zero-order valence-corrected chi connectivity index (χ0v) is 24.9. The van der Waals surface area contributed by atoms with E-state index in [1.54, 1.807) is 0 Å². The van der Waals surface area contributed by atoms with Crippen LogP contribution in [0.5, 0.6) is 0 Å². The number of nitrogens with zero attached hydrogens (tertiary/aromatic N) is 5. The zero-order valence-electron chi connectivity index (χ0n) is 23.8. The first-order chi connectivity index (χ1) is 18.7. The first kappa shape index (κ1) is 25.4. The molecule has 0 N–H and O–H groups in total. The van der Waals surface area contributed by atoms with Gasteiger partial charge in [-0.15, -0.1) is 0 Å². The fourth-order valence-electron chi connectivity index (χ4n) is 7.30. The predicted octanol–water partition coefficient (Wildman–Crippen LogP) is 7.53. The topological polar surface area (TPSA) is 57.8 Å². The summed E-state index contributed by atoms with van der Waals surface area (Å²) in [6.07, 6.45) is 9.99. The minimum Gasteiger partial charge on any atom is -0.356 e. The van der Waals surface area contributed by atoms with Gasteiger partial charge in [0.05, 0.1) is 34.2 Å². The lowest BCUT2D eigenvalue weighted by molar-refractivity contribution is -0.0387. The van der Waals surface area contributed by atoms with Crippen LogP contribution in [0, 0.1) is 0 Å². The van der Waals surface area contributed by atoms with Crippen molar-refractivity contribution in [2.24, 2.45) is 0 Å². The Morgan fingerprint density at radius 3 is 2.28 bits per heavy atom. The molecule has 3 aliphatic rings. The summed E-state index contributed by atoms with van der Waals surface area (Å²) >= 11 is 0. The van der Waals surface area contributed by atoms with Crippen molar-refractivity contribution < 1.29 is 4.74 Å². The van der Waals surface area contributed by atoms with E-state index in [4.69, 9.17) is 19.9 Å². The van der Waals surface area contributed by atoms with Gasteiger partial charge < -0.3 is 4.74 Å². The summed E-state index contributed by atoms with van der Waals surface area (Å²) in [5, 5.41) is 12.8. The number of fused-ring (bicyclic) bond motifs is 3. The van der Waals surface area contributed by atoms with E-state index in [0.717, 1.165) is 61.5 Å². The molecule has 204 valence electrons. The molecule has 0 amide bonds. The molecule has 1 saturated heterocycles. The second-order valence-corrected chi connectivity index (χ2v) is 13.6. The first-order valence-corrected chi connectivity index (χ1v) is 15.3. The lowest BCUT2D eigenvalue weighted by atomic mass is 9.75. The molecule has 1 aromatic carbocycles. The molecule has 0 bridgehead atoms. The van der Waals surface area contributed by atoms with Crippen LogP contribution in [-0.4, -0.2) is 30.9 Å². The van der Waals surface area contributed by atoms with E-state index in [0.29, 0.717) is 0 Å². The van der Waals surface area contributed by atoms with E-state index in [1.165, 1.54) is 59.0 Å². The van der Waals surface area contributed by atoms with Gasteiger partial charge in [0.1, 0.15) is 0 Å².